The highest BCUT2D eigenvalue weighted by Gasteiger charge is 2.23. The monoisotopic (exact) mass is 402 g/mol. The van der Waals surface area contributed by atoms with Gasteiger partial charge >= 0.3 is 11.9 Å². The fourth-order valence-corrected chi connectivity index (χ4v) is 3.26. The predicted molar refractivity (Wildman–Crippen MR) is 103 cm³/mol. The van der Waals surface area contributed by atoms with E-state index in [-0.39, 0.29) is 29.4 Å². The number of carbonyl (C=O) groups excluding carboxylic acids is 2. The van der Waals surface area contributed by atoms with E-state index in [1.807, 2.05) is 4.90 Å². The largest absolute Gasteiger partial charge is 0.463 e. The maximum Gasteiger partial charge on any atom is 0.373 e. The highest BCUT2D eigenvalue weighted by molar-refractivity contribution is 5.91. The van der Waals surface area contributed by atoms with Gasteiger partial charge in [0.05, 0.1) is 17.6 Å². The summed E-state index contributed by atoms with van der Waals surface area (Å²) in [4.78, 5) is 36.8. The molecule has 0 N–H and O–H groups in total. The Bertz CT molecular complexity index is 898. The number of furan rings is 1. The van der Waals surface area contributed by atoms with E-state index < -0.39 is 16.9 Å². The van der Waals surface area contributed by atoms with Crippen molar-refractivity contribution in [3.63, 3.8) is 0 Å². The first-order chi connectivity index (χ1) is 14.0. The molecule has 1 aromatic carbocycles. The Balaban J connectivity index is 1.71. The third-order valence-corrected chi connectivity index (χ3v) is 4.75. The molecule has 1 fully saturated rings. The molecule has 2 heterocycles. The van der Waals surface area contributed by atoms with Crippen molar-refractivity contribution in [3.8, 4) is 0 Å². The molecule has 0 unspecified atom stereocenters. The van der Waals surface area contributed by atoms with Gasteiger partial charge < -0.3 is 18.8 Å². The predicted octanol–water partition coefficient (Wildman–Crippen LogP) is 3.71. The van der Waals surface area contributed by atoms with Crippen LogP contribution in [-0.4, -0.2) is 37.1 Å². The average molecular weight is 402 g/mol. The molecule has 0 bridgehead atoms. The number of nitro benzene ring substituents is 1. The van der Waals surface area contributed by atoms with Gasteiger partial charge in [0.25, 0.3) is 5.69 Å². The van der Waals surface area contributed by atoms with Crippen molar-refractivity contribution in [2.75, 3.05) is 25.1 Å². The smallest absolute Gasteiger partial charge is 0.373 e. The van der Waals surface area contributed by atoms with Crippen molar-refractivity contribution in [1.82, 2.24) is 0 Å². The Morgan fingerprint density at radius 1 is 1.10 bits per heavy atom. The molecule has 0 amide bonds. The summed E-state index contributed by atoms with van der Waals surface area (Å²) < 4.78 is 14.9. The zero-order valence-corrected chi connectivity index (χ0v) is 16.1. The van der Waals surface area contributed by atoms with Crippen LogP contribution in [0, 0.1) is 10.1 Å². The number of esters is 2. The Kier molecular flexibility index (Phi) is 6.48. The first kappa shape index (κ1) is 20.4. The Morgan fingerprint density at radius 2 is 1.83 bits per heavy atom. The summed E-state index contributed by atoms with van der Waals surface area (Å²) in [5.74, 6) is -1.10. The molecular formula is C20H22N2O7. The maximum atomic E-state index is 12.3. The second kappa shape index (κ2) is 9.22. The number of anilines is 1. The van der Waals surface area contributed by atoms with Crippen molar-refractivity contribution in [2.24, 2.45) is 0 Å². The number of nitro groups is 1. The average Bonchev–Trinajstić information content (AvgIpc) is 3.04. The SMILES string of the molecule is COC(=O)c1ccc(COC(=O)c2ccc(N3CCCCCC3)c([N+](=O)[O-])c2)o1. The van der Waals surface area contributed by atoms with Crippen molar-refractivity contribution >= 4 is 23.3 Å². The van der Waals surface area contributed by atoms with E-state index in [1.54, 1.807) is 6.07 Å². The van der Waals surface area contributed by atoms with Crippen LogP contribution in [0.25, 0.3) is 0 Å². The second-order valence-electron chi connectivity index (χ2n) is 6.70. The summed E-state index contributed by atoms with van der Waals surface area (Å²) >= 11 is 0. The number of hydrogen-bond acceptors (Lipinski definition) is 8. The van der Waals surface area contributed by atoms with E-state index in [0.29, 0.717) is 5.69 Å². The summed E-state index contributed by atoms with van der Waals surface area (Å²) in [5.41, 5.74) is 0.476. The van der Waals surface area contributed by atoms with Crippen LogP contribution in [0.15, 0.2) is 34.7 Å². The van der Waals surface area contributed by atoms with E-state index in [1.165, 1.54) is 31.4 Å². The molecule has 0 atom stereocenters. The molecule has 1 aliphatic heterocycles. The minimum absolute atomic E-state index is 0.00371. The van der Waals surface area contributed by atoms with Crippen LogP contribution in [0.3, 0.4) is 0 Å². The first-order valence-corrected chi connectivity index (χ1v) is 9.37. The van der Waals surface area contributed by atoms with Crippen LogP contribution >= 0.6 is 0 Å². The Labute approximate surface area is 167 Å². The number of carbonyl (C=O) groups is 2. The molecule has 0 spiro atoms. The zero-order chi connectivity index (χ0) is 20.8. The summed E-state index contributed by atoms with van der Waals surface area (Å²) in [5, 5.41) is 11.6. The summed E-state index contributed by atoms with van der Waals surface area (Å²) in [6, 6.07) is 7.27. The Morgan fingerprint density at radius 3 is 2.48 bits per heavy atom. The lowest BCUT2D eigenvalue weighted by molar-refractivity contribution is -0.384. The van der Waals surface area contributed by atoms with Crippen LogP contribution in [0.5, 0.6) is 0 Å². The third-order valence-electron chi connectivity index (χ3n) is 4.75. The summed E-state index contributed by atoms with van der Waals surface area (Å²) in [6.07, 6.45) is 4.19. The van der Waals surface area contributed by atoms with Crippen molar-refractivity contribution in [3.05, 3.63) is 57.5 Å². The standard InChI is InChI=1S/C20H22N2O7/c1-27-20(24)18-9-7-15(29-18)13-28-19(23)14-6-8-16(17(12-14)22(25)26)21-10-4-2-3-5-11-21/h6-9,12H,2-5,10-11,13H2,1H3. The lowest BCUT2D eigenvalue weighted by atomic mass is 10.1. The van der Waals surface area contributed by atoms with Gasteiger partial charge in [0.1, 0.15) is 18.1 Å². The van der Waals surface area contributed by atoms with Crippen LogP contribution in [-0.2, 0) is 16.1 Å². The molecule has 0 radical (unpaired) electrons. The van der Waals surface area contributed by atoms with Gasteiger partial charge in [0, 0.05) is 19.2 Å². The van der Waals surface area contributed by atoms with Gasteiger partial charge in [-0.05, 0) is 37.1 Å². The van der Waals surface area contributed by atoms with Crippen LogP contribution in [0.4, 0.5) is 11.4 Å². The normalized spacial score (nSPS) is 14.2. The van der Waals surface area contributed by atoms with Crippen LogP contribution < -0.4 is 4.90 Å². The minimum Gasteiger partial charge on any atom is -0.463 e. The van der Waals surface area contributed by atoms with Crippen molar-refractivity contribution in [1.29, 1.82) is 0 Å². The molecule has 9 heteroatoms. The molecule has 154 valence electrons. The molecule has 1 aliphatic rings. The van der Waals surface area contributed by atoms with Gasteiger partial charge in [-0.2, -0.15) is 0 Å². The van der Waals surface area contributed by atoms with Crippen molar-refractivity contribution < 1.29 is 28.4 Å². The van der Waals surface area contributed by atoms with Gasteiger partial charge in [-0.25, -0.2) is 9.59 Å². The Hall–Kier alpha value is -3.36. The van der Waals surface area contributed by atoms with Crippen molar-refractivity contribution in [2.45, 2.75) is 32.3 Å². The van der Waals surface area contributed by atoms with E-state index in [4.69, 9.17) is 9.15 Å². The molecule has 1 aromatic heterocycles. The first-order valence-electron chi connectivity index (χ1n) is 9.37. The zero-order valence-electron chi connectivity index (χ0n) is 16.1. The summed E-state index contributed by atoms with van der Waals surface area (Å²) in [6.45, 7) is 1.30. The molecule has 29 heavy (non-hydrogen) atoms. The minimum atomic E-state index is -0.716. The quantitative estimate of drug-likeness (QED) is 0.408. The number of nitrogens with zero attached hydrogens (tertiary/aromatic N) is 2. The van der Waals surface area contributed by atoms with E-state index in [2.05, 4.69) is 4.74 Å². The van der Waals surface area contributed by atoms with Gasteiger partial charge in [-0.3, -0.25) is 10.1 Å². The molecule has 2 aromatic rings. The van der Waals surface area contributed by atoms with Gasteiger partial charge in [0.15, 0.2) is 0 Å². The van der Waals surface area contributed by atoms with E-state index in [9.17, 15) is 19.7 Å². The number of ether oxygens (including phenoxy) is 2. The molecular weight excluding hydrogens is 380 g/mol. The van der Waals surface area contributed by atoms with Gasteiger partial charge in [-0.1, -0.05) is 12.8 Å². The lowest BCUT2D eigenvalue weighted by Crippen LogP contribution is -2.24. The molecule has 3 rings (SSSR count). The number of rotatable bonds is 6. The number of hydrogen-bond donors (Lipinski definition) is 0. The number of benzene rings is 1. The van der Waals surface area contributed by atoms with Gasteiger partial charge in [-0.15, -0.1) is 0 Å². The van der Waals surface area contributed by atoms with Gasteiger partial charge in [0.2, 0.25) is 5.76 Å². The topological polar surface area (TPSA) is 112 Å². The molecule has 0 aliphatic carbocycles. The van der Waals surface area contributed by atoms with E-state index >= 15 is 0 Å². The molecule has 1 saturated heterocycles. The molecule has 9 nitrogen and oxygen atoms in total. The fraction of sp³-hybridized carbons (Fsp3) is 0.400. The highest BCUT2D eigenvalue weighted by atomic mass is 16.6. The van der Waals surface area contributed by atoms with E-state index in [0.717, 1.165) is 38.8 Å². The highest BCUT2D eigenvalue weighted by Crippen LogP contribution is 2.31. The molecule has 0 saturated carbocycles. The summed E-state index contributed by atoms with van der Waals surface area (Å²) in [7, 11) is 1.23. The number of methoxy groups -OCH3 is 1. The lowest BCUT2D eigenvalue weighted by Gasteiger charge is -2.22. The second-order valence-corrected chi connectivity index (χ2v) is 6.70. The maximum absolute atomic E-state index is 12.3. The fourth-order valence-electron chi connectivity index (χ4n) is 3.26. The third kappa shape index (κ3) is 4.92. The van der Waals surface area contributed by atoms with Crippen LogP contribution in [0.2, 0.25) is 0 Å². The van der Waals surface area contributed by atoms with Crippen LogP contribution in [0.1, 0.15) is 52.4 Å².